The molecule has 2 N–H and O–H groups in total. The Kier molecular flexibility index (Phi) is 10.0. The van der Waals surface area contributed by atoms with Crippen LogP contribution in [-0.2, 0) is 0 Å². The van der Waals surface area contributed by atoms with Crippen molar-refractivity contribution < 1.29 is 0 Å². The van der Waals surface area contributed by atoms with Crippen LogP contribution in [0.3, 0.4) is 0 Å². The van der Waals surface area contributed by atoms with Crippen LogP contribution in [0.2, 0.25) is 0 Å². The number of nitrogens with zero attached hydrogens (tertiary/aromatic N) is 5. The lowest BCUT2D eigenvalue weighted by Gasteiger charge is -2.14. The average Bonchev–Trinajstić information content (AvgIpc) is 3.28. The zero-order valence-corrected chi connectivity index (χ0v) is 30.1. The van der Waals surface area contributed by atoms with Crippen LogP contribution in [0.15, 0.2) is 193 Å². The van der Waals surface area contributed by atoms with Gasteiger partial charge in [0.1, 0.15) is 11.4 Å². The molecule has 7 aromatic carbocycles. The van der Waals surface area contributed by atoms with E-state index in [2.05, 4.69) is 11.2 Å². The molecule has 8 aromatic rings. The van der Waals surface area contributed by atoms with Crippen molar-refractivity contribution >= 4 is 17.3 Å². The van der Waals surface area contributed by atoms with Crippen LogP contribution in [-0.4, -0.2) is 32.4 Å². The van der Waals surface area contributed by atoms with E-state index in [9.17, 15) is 5.26 Å². The van der Waals surface area contributed by atoms with Gasteiger partial charge in [-0.05, 0) is 46.5 Å². The van der Waals surface area contributed by atoms with Gasteiger partial charge in [0.2, 0.25) is 0 Å². The summed E-state index contributed by atoms with van der Waals surface area (Å²) in [6, 6.07) is 62.4. The largest absolute Gasteiger partial charge is 0.298 e. The first-order chi connectivity index (χ1) is 27.6. The first-order valence-electron chi connectivity index (χ1n) is 18.0. The van der Waals surface area contributed by atoms with Crippen LogP contribution < -0.4 is 0 Å². The number of hydrogen-bond donors (Lipinski definition) is 2. The van der Waals surface area contributed by atoms with Crippen LogP contribution in [0.1, 0.15) is 22.3 Å². The van der Waals surface area contributed by atoms with Crippen LogP contribution >= 0.6 is 0 Å². The third-order valence-corrected chi connectivity index (χ3v) is 9.38. The highest BCUT2D eigenvalue weighted by molar-refractivity contribution is 6.53. The smallest absolute Gasteiger partial charge is 0.182 e. The van der Waals surface area contributed by atoms with E-state index in [1.807, 2.05) is 182 Å². The maximum atomic E-state index is 9.95. The van der Waals surface area contributed by atoms with Gasteiger partial charge in [0.15, 0.2) is 11.7 Å². The van der Waals surface area contributed by atoms with Crippen molar-refractivity contribution in [1.82, 2.24) is 15.2 Å². The topological polar surface area (TPSA) is 123 Å². The maximum Gasteiger partial charge on any atom is 0.182 e. The quantitative estimate of drug-likeness (QED) is 0.114. The first kappa shape index (κ1) is 35.1. The predicted molar refractivity (Wildman–Crippen MR) is 225 cm³/mol. The minimum Gasteiger partial charge on any atom is -0.298 e. The van der Waals surface area contributed by atoms with E-state index in [1.54, 1.807) is 6.07 Å². The molecule has 0 aliphatic heterocycles. The van der Waals surface area contributed by atoms with Crippen molar-refractivity contribution in [3.8, 4) is 62.2 Å². The monoisotopic (exact) mass is 719 g/mol. The molecule has 0 aliphatic carbocycles. The molecule has 0 atom stereocenters. The zero-order chi connectivity index (χ0) is 38.3. The van der Waals surface area contributed by atoms with Gasteiger partial charge in [0.05, 0.1) is 23.1 Å². The molecule has 1 heterocycles. The second-order valence-corrected chi connectivity index (χ2v) is 13.0. The van der Waals surface area contributed by atoms with Crippen molar-refractivity contribution in [2.24, 2.45) is 4.99 Å². The Labute approximate surface area is 325 Å². The summed E-state index contributed by atoms with van der Waals surface area (Å²) < 4.78 is 0. The van der Waals surface area contributed by atoms with Gasteiger partial charge >= 0.3 is 0 Å². The van der Waals surface area contributed by atoms with E-state index >= 15 is 0 Å². The summed E-state index contributed by atoms with van der Waals surface area (Å²) in [7, 11) is 0. The van der Waals surface area contributed by atoms with Gasteiger partial charge in [-0.25, -0.2) is 9.98 Å². The molecule has 7 nitrogen and oxygen atoms in total. The minimum atomic E-state index is 0.0291. The number of aliphatic imine (C=N–C) groups is 1. The second kappa shape index (κ2) is 16.0. The van der Waals surface area contributed by atoms with Crippen LogP contribution in [0.4, 0.5) is 0 Å². The summed E-state index contributed by atoms with van der Waals surface area (Å²) in [5.41, 5.74) is 10.7. The van der Waals surface area contributed by atoms with E-state index < -0.39 is 0 Å². The standard InChI is InChI=1S/C49H33N7/c50-32-33-27-28-42(38-23-13-25-40(30-38)48(52)53-45(35-17-7-2-8-18-35)44(51)34-15-5-1-6-16-34)43(29-33)39-24-14-26-41(31-39)49-54-46(36-19-9-3-10-20-36)47(55-56-49)37-21-11-4-12-22-37/h1-31,51-52H. The molecular weight excluding hydrogens is 687 g/mol. The number of nitriles is 1. The number of amidine groups is 1. The molecule has 1 aromatic heterocycles. The Morgan fingerprint density at radius 2 is 1.00 bits per heavy atom. The second-order valence-electron chi connectivity index (χ2n) is 13.0. The number of nitrogens with one attached hydrogen (secondary N) is 2. The van der Waals surface area contributed by atoms with E-state index in [-0.39, 0.29) is 11.5 Å². The Morgan fingerprint density at radius 1 is 0.464 bits per heavy atom. The lowest BCUT2D eigenvalue weighted by atomic mass is 9.91. The predicted octanol–water partition coefficient (Wildman–Crippen LogP) is 11.0. The molecule has 0 bridgehead atoms. The third-order valence-electron chi connectivity index (χ3n) is 9.38. The number of hydrogen-bond acceptors (Lipinski definition) is 6. The summed E-state index contributed by atoms with van der Waals surface area (Å²) in [4.78, 5) is 9.82. The molecule has 0 radical (unpaired) electrons. The van der Waals surface area contributed by atoms with E-state index in [0.29, 0.717) is 33.9 Å². The Morgan fingerprint density at radius 3 is 1.66 bits per heavy atom. The number of rotatable bonds is 9. The summed E-state index contributed by atoms with van der Waals surface area (Å²) in [6.07, 6.45) is 0. The molecule has 0 unspecified atom stereocenters. The molecule has 264 valence electrons. The minimum absolute atomic E-state index is 0.0291. The first-order valence-corrected chi connectivity index (χ1v) is 18.0. The molecule has 56 heavy (non-hydrogen) atoms. The SMILES string of the molecule is N#Cc1ccc(-c2cccc(C(=N)N=C(C(=N)c3ccccc3)c3ccccc3)c2)c(-c2cccc(-c3nnc(-c4ccccc4)c(-c4ccccc4)n3)c2)c1. The molecule has 0 saturated carbocycles. The zero-order valence-electron chi connectivity index (χ0n) is 30.1. The van der Waals surface area contributed by atoms with Crippen molar-refractivity contribution in [3.63, 3.8) is 0 Å². The summed E-state index contributed by atoms with van der Waals surface area (Å²) in [6.45, 7) is 0. The molecule has 0 aliphatic rings. The molecule has 0 amide bonds. The lowest BCUT2D eigenvalue weighted by Crippen LogP contribution is -2.18. The van der Waals surface area contributed by atoms with Crippen LogP contribution in [0, 0.1) is 22.1 Å². The van der Waals surface area contributed by atoms with Gasteiger partial charge in [0.25, 0.3) is 0 Å². The Bertz CT molecular complexity index is 2770. The average molecular weight is 720 g/mol. The molecular formula is C49H33N7. The molecule has 8 rings (SSSR count). The van der Waals surface area contributed by atoms with E-state index in [4.69, 9.17) is 25.9 Å². The Balaban J connectivity index is 1.18. The van der Waals surface area contributed by atoms with Gasteiger partial charge in [0, 0.05) is 33.4 Å². The van der Waals surface area contributed by atoms with Crippen LogP contribution in [0.5, 0.6) is 0 Å². The van der Waals surface area contributed by atoms with Gasteiger partial charge < -0.3 is 0 Å². The van der Waals surface area contributed by atoms with Crippen molar-refractivity contribution in [3.05, 3.63) is 210 Å². The highest BCUT2D eigenvalue weighted by atomic mass is 15.2. The van der Waals surface area contributed by atoms with Gasteiger partial charge in [-0.2, -0.15) is 5.26 Å². The lowest BCUT2D eigenvalue weighted by molar-refractivity contribution is 0.992. The Hall–Kier alpha value is -7.95. The molecule has 0 spiro atoms. The normalized spacial score (nSPS) is 11.1. The highest BCUT2D eigenvalue weighted by Gasteiger charge is 2.18. The molecule has 0 saturated heterocycles. The van der Waals surface area contributed by atoms with Gasteiger partial charge in [-0.3, -0.25) is 10.8 Å². The summed E-state index contributed by atoms with van der Waals surface area (Å²) >= 11 is 0. The highest BCUT2D eigenvalue weighted by Crippen LogP contribution is 2.36. The van der Waals surface area contributed by atoms with E-state index in [1.165, 1.54) is 0 Å². The summed E-state index contributed by atoms with van der Waals surface area (Å²) in [5.74, 6) is 0.508. The van der Waals surface area contributed by atoms with Crippen molar-refractivity contribution in [1.29, 1.82) is 16.1 Å². The van der Waals surface area contributed by atoms with E-state index in [0.717, 1.165) is 50.2 Å². The van der Waals surface area contributed by atoms with Gasteiger partial charge in [-0.15, -0.1) is 10.2 Å². The molecule has 0 fully saturated rings. The fourth-order valence-electron chi connectivity index (χ4n) is 6.58. The number of benzene rings is 7. The summed E-state index contributed by atoms with van der Waals surface area (Å²) in [5, 5.41) is 37.4. The van der Waals surface area contributed by atoms with Crippen molar-refractivity contribution in [2.45, 2.75) is 0 Å². The third kappa shape index (κ3) is 7.44. The molecule has 7 heteroatoms. The fourth-order valence-corrected chi connectivity index (χ4v) is 6.58. The number of aromatic nitrogens is 3. The fraction of sp³-hybridized carbons (Fsp3) is 0. The maximum absolute atomic E-state index is 9.95. The van der Waals surface area contributed by atoms with Crippen LogP contribution in [0.25, 0.3) is 56.2 Å². The van der Waals surface area contributed by atoms with Gasteiger partial charge in [-0.1, -0.05) is 164 Å². The van der Waals surface area contributed by atoms with Crippen molar-refractivity contribution in [2.75, 3.05) is 0 Å².